The van der Waals surface area contributed by atoms with Gasteiger partial charge in [0.25, 0.3) is 5.69 Å². The highest BCUT2D eigenvalue weighted by atomic mass is 79.9. The monoisotopic (exact) mass is 404 g/mol. The summed E-state index contributed by atoms with van der Waals surface area (Å²) in [5, 5.41) is 17.2. The number of nitro benzene ring substituents is 1. The van der Waals surface area contributed by atoms with Gasteiger partial charge in [-0.1, -0.05) is 33.3 Å². The highest BCUT2D eigenvalue weighted by Crippen LogP contribution is 2.27. The zero-order chi connectivity index (χ0) is 17.1. The Balaban J connectivity index is 1.93. The number of non-ortho nitro benzene ring substituents is 1. The number of hydrogen-bond donors (Lipinski definition) is 1. The van der Waals surface area contributed by atoms with Crippen molar-refractivity contribution in [3.05, 3.63) is 68.5 Å². The predicted octanol–water partition coefficient (Wildman–Crippen LogP) is 5.14. The Bertz CT molecular complexity index is 878. The Labute approximate surface area is 151 Å². The van der Waals surface area contributed by atoms with E-state index in [4.69, 9.17) is 0 Å². The molecule has 0 spiro atoms. The van der Waals surface area contributed by atoms with E-state index < -0.39 is 0 Å². The molecule has 0 saturated carbocycles. The van der Waals surface area contributed by atoms with Crippen LogP contribution in [0, 0.1) is 10.1 Å². The molecule has 3 aromatic rings. The minimum Gasteiger partial charge on any atom is -0.258 e. The summed E-state index contributed by atoms with van der Waals surface area (Å²) in [6.45, 7) is 2.87. The molecule has 5 nitrogen and oxygen atoms in total. The molecule has 0 amide bonds. The van der Waals surface area contributed by atoms with Crippen molar-refractivity contribution in [2.75, 3.05) is 5.32 Å². The first-order valence-corrected chi connectivity index (χ1v) is 9.04. The Morgan fingerprint density at radius 1 is 1.25 bits per heavy atom. The molecule has 1 N–H and O–H groups in total. The lowest BCUT2D eigenvalue weighted by Gasteiger charge is -2.04. The second-order valence-corrected chi connectivity index (χ2v) is 6.88. The summed E-state index contributed by atoms with van der Waals surface area (Å²) in [5.74, 6) is 0. The second-order valence-electron chi connectivity index (χ2n) is 5.11. The number of rotatable bonds is 5. The van der Waals surface area contributed by atoms with Crippen LogP contribution >= 0.6 is 27.3 Å². The topological polar surface area (TPSA) is 59.0 Å². The van der Waals surface area contributed by atoms with Gasteiger partial charge in [-0.2, -0.15) is 0 Å². The van der Waals surface area contributed by atoms with Crippen molar-refractivity contribution in [3.63, 3.8) is 0 Å². The van der Waals surface area contributed by atoms with Gasteiger partial charge in [-0.05, 0) is 37.3 Å². The molecule has 7 heteroatoms. The van der Waals surface area contributed by atoms with E-state index in [1.165, 1.54) is 6.07 Å². The first-order chi connectivity index (χ1) is 11.6. The van der Waals surface area contributed by atoms with Crippen molar-refractivity contribution < 1.29 is 9.49 Å². The summed E-state index contributed by atoms with van der Waals surface area (Å²) in [6, 6.07) is 14.7. The third-order valence-electron chi connectivity index (χ3n) is 3.58. The van der Waals surface area contributed by atoms with Crippen LogP contribution in [0.25, 0.3) is 11.3 Å². The fourth-order valence-electron chi connectivity index (χ4n) is 2.42. The third-order valence-corrected chi connectivity index (χ3v) is 5.00. The van der Waals surface area contributed by atoms with Crippen LogP contribution in [-0.4, -0.2) is 4.92 Å². The number of hydrogen-bond acceptors (Lipinski definition) is 4. The molecular formula is C17H15BrN3O2S+. The van der Waals surface area contributed by atoms with Gasteiger partial charge in [-0.15, -0.1) is 0 Å². The quantitative estimate of drug-likeness (QED) is 0.363. The average molecular weight is 405 g/mol. The Morgan fingerprint density at radius 2 is 2.00 bits per heavy atom. The molecule has 3 rings (SSSR count). The van der Waals surface area contributed by atoms with Crippen LogP contribution in [0.3, 0.4) is 0 Å². The van der Waals surface area contributed by atoms with Crippen molar-refractivity contribution in [1.82, 2.24) is 0 Å². The normalized spacial score (nSPS) is 10.6. The molecule has 0 unspecified atom stereocenters. The van der Waals surface area contributed by atoms with Gasteiger partial charge in [-0.25, -0.2) is 9.88 Å². The van der Waals surface area contributed by atoms with Crippen LogP contribution in [0.1, 0.15) is 6.92 Å². The second kappa shape index (κ2) is 7.11. The van der Waals surface area contributed by atoms with E-state index in [-0.39, 0.29) is 10.6 Å². The number of nitrogens with zero attached hydrogens (tertiary/aromatic N) is 2. The maximum atomic E-state index is 10.9. The van der Waals surface area contributed by atoms with E-state index >= 15 is 0 Å². The van der Waals surface area contributed by atoms with Gasteiger partial charge in [0.1, 0.15) is 11.4 Å². The van der Waals surface area contributed by atoms with Crippen LogP contribution in [0.5, 0.6) is 0 Å². The molecule has 0 saturated heterocycles. The van der Waals surface area contributed by atoms with Gasteiger partial charge in [0, 0.05) is 21.5 Å². The van der Waals surface area contributed by atoms with E-state index in [0.717, 1.165) is 27.4 Å². The molecule has 2 aromatic carbocycles. The lowest BCUT2D eigenvalue weighted by Crippen LogP contribution is -2.35. The third kappa shape index (κ3) is 3.47. The zero-order valence-corrected chi connectivity index (χ0v) is 15.3. The number of halogens is 1. The predicted molar refractivity (Wildman–Crippen MR) is 99.7 cm³/mol. The van der Waals surface area contributed by atoms with Crippen molar-refractivity contribution in [2.45, 2.75) is 13.5 Å². The fraction of sp³-hybridized carbons (Fsp3) is 0.118. The summed E-state index contributed by atoms with van der Waals surface area (Å²) < 4.78 is 3.20. The Hall–Kier alpha value is -2.25. The fourth-order valence-corrected chi connectivity index (χ4v) is 3.71. The number of anilines is 2. The molecule has 0 atom stereocenters. The number of benzene rings is 2. The molecule has 0 aliphatic heterocycles. The maximum absolute atomic E-state index is 10.9. The van der Waals surface area contributed by atoms with Crippen LogP contribution in [-0.2, 0) is 6.54 Å². The highest BCUT2D eigenvalue weighted by molar-refractivity contribution is 9.10. The Morgan fingerprint density at radius 3 is 2.67 bits per heavy atom. The summed E-state index contributed by atoms with van der Waals surface area (Å²) >= 11 is 5.03. The number of thiazole rings is 1. The molecule has 0 bridgehead atoms. The molecule has 1 aromatic heterocycles. The van der Waals surface area contributed by atoms with Gasteiger partial charge < -0.3 is 0 Å². The molecule has 0 aliphatic rings. The molecule has 0 aliphatic carbocycles. The summed E-state index contributed by atoms with van der Waals surface area (Å²) in [6.07, 6.45) is 0. The minimum absolute atomic E-state index is 0.0766. The number of nitrogens with one attached hydrogen (secondary N) is 1. The van der Waals surface area contributed by atoms with Crippen LogP contribution < -0.4 is 9.88 Å². The van der Waals surface area contributed by atoms with Crippen LogP contribution in [0.4, 0.5) is 16.5 Å². The lowest BCUT2D eigenvalue weighted by molar-refractivity contribution is -0.664. The zero-order valence-electron chi connectivity index (χ0n) is 12.9. The van der Waals surface area contributed by atoms with E-state index in [2.05, 4.69) is 50.3 Å². The van der Waals surface area contributed by atoms with Gasteiger partial charge in [0.2, 0.25) is 0 Å². The Kier molecular flexibility index (Phi) is 4.92. The van der Waals surface area contributed by atoms with E-state index in [0.29, 0.717) is 5.69 Å². The van der Waals surface area contributed by atoms with E-state index in [9.17, 15) is 10.1 Å². The van der Waals surface area contributed by atoms with Crippen molar-refractivity contribution in [2.24, 2.45) is 0 Å². The summed E-state index contributed by atoms with van der Waals surface area (Å²) in [7, 11) is 0. The first-order valence-electron chi connectivity index (χ1n) is 7.37. The minimum atomic E-state index is -0.388. The molecule has 0 fully saturated rings. The smallest absolute Gasteiger partial charge is 0.258 e. The van der Waals surface area contributed by atoms with E-state index in [1.54, 1.807) is 23.5 Å². The molecule has 122 valence electrons. The number of nitro groups is 1. The molecule has 1 heterocycles. The van der Waals surface area contributed by atoms with E-state index in [1.807, 2.05) is 18.2 Å². The van der Waals surface area contributed by atoms with Crippen molar-refractivity contribution >= 4 is 43.8 Å². The standard InChI is InChI=1S/C17H14BrN3O2S/c1-2-20-16(12-6-8-13(18)9-7-12)11-24-17(20)19-14-4-3-5-15(10-14)21(22)23/h3-11H,2H2,1H3/p+1. The van der Waals surface area contributed by atoms with Crippen molar-refractivity contribution in [3.8, 4) is 11.3 Å². The van der Waals surface area contributed by atoms with Crippen LogP contribution in [0.15, 0.2) is 58.4 Å². The summed E-state index contributed by atoms with van der Waals surface area (Å²) in [4.78, 5) is 10.5. The largest absolute Gasteiger partial charge is 0.339 e. The maximum Gasteiger partial charge on any atom is 0.339 e. The number of aromatic nitrogens is 1. The highest BCUT2D eigenvalue weighted by Gasteiger charge is 2.19. The molecule has 0 radical (unpaired) electrons. The van der Waals surface area contributed by atoms with Gasteiger partial charge in [0.15, 0.2) is 0 Å². The molecular weight excluding hydrogens is 390 g/mol. The average Bonchev–Trinajstić information content (AvgIpc) is 2.98. The first kappa shape index (κ1) is 16.6. The van der Waals surface area contributed by atoms with Crippen LogP contribution in [0.2, 0.25) is 0 Å². The van der Waals surface area contributed by atoms with Gasteiger partial charge in [-0.3, -0.25) is 10.1 Å². The molecule has 24 heavy (non-hydrogen) atoms. The van der Waals surface area contributed by atoms with Gasteiger partial charge >= 0.3 is 5.13 Å². The van der Waals surface area contributed by atoms with Crippen molar-refractivity contribution in [1.29, 1.82) is 0 Å². The van der Waals surface area contributed by atoms with Gasteiger partial charge in [0.05, 0.1) is 17.5 Å². The summed E-state index contributed by atoms with van der Waals surface area (Å²) in [5.41, 5.74) is 3.02. The SMILES string of the molecule is CC[n+]1c(-c2ccc(Br)cc2)csc1Nc1cccc([N+](=O)[O-])c1. The lowest BCUT2D eigenvalue weighted by atomic mass is 10.2.